The molecular weight excluding hydrogens is 444 g/mol. The molecule has 0 spiro atoms. The number of nitrogens with one attached hydrogen (secondary N) is 1. The molecule has 2 amide bonds. The molecule has 4 rings (SSSR count). The lowest BCUT2D eigenvalue weighted by Crippen LogP contribution is -2.45. The van der Waals surface area contributed by atoms with E-state index in [0.29, 0.717) is 30.0 Å². The summed E-state index contributed by atoms with van der Waals surface area (Å²) < 4.78 is 16.0. The van der Waals surface area contributed by atoms with E-state index in [2.05, 4.69) is 5.32 Å². The Morgan fingerprint density at radius 2 is 1.63 bits per heavy atom. The zero-order chi connectivity index (χ0) is 24.9. The van der Waals surface area contributed by atoms with Crippen LogP contribution in [0.5, 0.6) is 17.2 Å². The van der Waals surface area contributed by atoms with Gasteiger partial charge in [0.15, 0.2) is 11.5 Å². The molecule has 0 aliphatic carbocycles. The Bertz CT molecular complexity index is 1210. The van der Waals surface area contributed by atoms with Crippen molar-refractivity contribution < 1.29 is 23.8 Å². The molecule has 0 saturated carbocycles. The van der Waals surface area contributed by atoms with Crippen molar-refractivity contribution in [1.29, 1.82) is 0 Å². The zero-order valence-electron chi connectivity index (χ0n) is 20.4. The van der Waals surface area contributed by atoms with Crippen LogP contribution in [0.2, 0.25) is 0 Å². The Hall–Kier alpha value is -4.00. The first-order chi connectivity index (χ1) is 17.0. The monoisotopic (exact) mass is 474 g/mol. The first-order valence-electron chi connectivity index (χ1n) is 11.5. The molecule has 35 heavy (non-hydrogen) atoms. The predicted molar refractivity (Wildman–Crippen MR) is 133 cm³/mol. The molecular formula is C28H30N2O5. The van der Waals surface area contributed by atoms with Crippen LogP contribution >= 0.6 is 0 Å². The number of rotatable bonds is 8. The van der Waals surface area contributed by atoms with Crippen LogP contribution in [-0.4, -0.2) is 51.6 Å². The number of ether oxygens (including phenoxy) is 3. The first kappa shape index (κ1) is 24.1. The van der Waals surface area contributed by atoms with Gasteiger partial charge in [0.2, 0.25) is 5.91 Å². The third-order valence-corrected chi connectivity index (χ3v) is 6.48. The van der Waals surface area contributed by atoms with Gasteiger partial charge in [-0.3, -0.25) is 9.59 Å². The number of methoxy groups -OCH3 is 3. The highest BCUT2D eigenvalue weighted by Gasteiger charge is 2.42. The highest BCUT2D eigenvalue weighted by Crippen LogP contribution is 2.42. The van der Waals surface area contributed by atoms with E-state index in [1.165, 1.54) is 0 Å². The largest absolute Gasteiger partial charge is 0.497 e. The number of carbonyl (C=O) groups excluding carboxylic acids is 2. The molecule has 0 unspecified atom stereocenters. The Kier molecular flexibility index (Phi) is 7.25. The minimum atomic E-state index is -0.548. The van der Waals surface area contributed by atoms with Gasteiger partial charge in [0.1, 0.15) is 5.75 Å². The van der Waals surface area contributed by atoms with E-state index in [1.54, 1.807) is 39.3 Å². The average Bonchev–Trinajstić information content (AvgIpc) is 2.90. The molecule has 2 atom stereocenters. The Morgan fingerprint density at radius 1 is 0.914 bits per heavy atom. The summed E-state index contributed by atoms with van der Waals surface area (Å²) in [7, 11) is 6.55. The van der Waals surface area contributed by atoms with E-state index in [-0.39, 0.29) is 11.8 Å². The quantitative estimate of drug-likeness (QED) is 0.534. The molecule has 1 aliphatic heterocycles. The van der Waals surface area contributed by atoms with Crippen molar-refractivity contribution in [2.45, 2.75) is 18.4 Å². The summed E-state index contributed by atoms with van der Waals surface area (Å²) in [6, 6.07) is 20.1. The number of likely N-dealkylation sites (N-methyl/N-ethyl adjacent to an activating group) is 1. The Balaban J connectivity index is 1.59. The lowest BCUT2D eigenvalue weighted by molar-refractivity contribution is -0.124. The van der Waals surface area contributed by atoms with E-state index in [1.807, 2.05) is 60.7 Å². The van der Waals surface area contributed by atoms with E-state index in [0.717, 1.165) is 22.4 Å². The summed E-state index contributed by atoms with van der Waals surface area (Å²) in [6.07, 6.45) is 0.627. The van der Waals surface area contributed by atoms with Crippen LogP contribution in [0.15, 0.2) is 66.7 Å². The summed E-state index contributed by atoms with van der Waals surface area (Å²) in [4.78, 5) is 28.4. The fourth-order valence-electron chi connectivity index (χ4n) is 4.65. The zero-order valence-corrected chi connectivity index (χ0v) is 20.4. The van der Waals surface area contributed by atoms with Crippen LogP contribution in [-0.2, 0) is 11.2 Å². The second-order valence-electron chi connectivity index (χ2n) is 8.43. The standard InChI is InChI=1S/C28H30N2O5/c1-30-26(19-10-12-20(33-2)13-11-19)25(21-7-5-6-8-22(21)28(30)32)27(31)29-16-15-18-9-14-23(34-3)24(17-18)35-4/h5-14,17,25-26H,15-16H2,1-4H3,(H,29,31)/t25-,26-/m1/s1. The topological polar surface area (TPSA) is 77.1 Å². The highest BCUT2D eigenvalue weighted by molar-refractivity contribution is 6.01. The van der Waals surface area contributed by atoms with Crippen molar-refractivity contribution >= 4 is 11.8 Å². The minimum Gasteiger partial charge on any atom is -0.497 e. The van der Waals surface area contributed by atoms with Gasteiger partial charge in [-0.1, -0.05) is 36.4 Å². The predicted octanol–water partition coefficient (Wildman–Crippen LogP) is 3.98. The summed E-state index contributed by atoms with van der Waals surface area (Å²) >= 11 is 0. The van der Waals surface area contributed by atoms with Crippen LogP contribution in [0.25, 0.3) is 0 Å². The van der Waals surface area contributed by atoms with E-state index in [9.17, 15) is 9.59 Å². The maximum absolute atomic E-state index is 13.6. The van der Waals surface area contributed by atoms with E-state index >= 15 is 0 Å². The van der Waals surface area contributed by atoms with Gasteiger partial charge in [-0.05, 0) is 53.4 Å². The van der Waals surface area contributed by atoms with Crippen LogP contribution < -0.4 is 19.5 Å². The second-order valence-corrected chi connectivity index (χ2v) is 8.43. The van der Waals surface area contributed by atoms with Gasteiger partial charge in [-0.2, -0.15) is 0 Å². The molecule has 0 aromatic heterocycles. The summed E-state index contributed by atoms with van der Waals surface area (Å²) in [5.41, 5.74) is 3.18. The number of carbonyl (C=O) groups is 2. The number of fused-ring (bicyclic) bond motifs is 1. The van der Waals surface area contributed by atoms with Crippen LogP contribution in [0.4, 0.5) is 0 Å². The fourth-order valence-corrected chi connectivity index (χ4v) is 4.65. The maximum atomic E-state index is 13.6. The van der Waals surface area contributed by atoms with Crippen LogP contribution in [0, 0.1) is 0 Å². The molecule has 1 heterocycles. The van der Waals surface area contributed by atoms with Gasteiger partial charge in [0.25, 0.3) is 5.91 Å². The maximum Gasteiger partial charge on any atom is 0.254 e. The van der Waals surface area contributed by atoms with Gasteiger partial charge in [-0.15, -0.1) is 0 Å². The lowest BCUT2D eigenvalue weighted by atomic mass is 9.79. The number of benzene rings is 3. The third-order valence-electron chi connectivity index (χ3n) is 6.48. The smallest absolute Gasteiger partial charge is 0.254 e. The van der Waals surface area contributed by atoms with Crippen molar-refractivity contribution in [3.8, 4) is 17.2 Å². The molecule has 3 aromatic rings. The number of hydrogen-bond donors (Lipinski definition) is 1. The molecule has 0 bridgehead atoms. The van der Waals surface area contributed by atoms with Crippen molar-refractivity contribution in [3.05, 3.63) is 89.0 Å². The Labute approximate surface area is 205 Å². The van der Waals surface area contributed by atoms with E-state index < -0.39 is 12.0 Å². The first-order valence-corrected chi connectivity index (χ1v) is 11.5. The summed E-state index contributed by atoms with van der Waals surface area (Å²) in [5.74, 6) is 1.25. The van der Waals surface area contributed by atoms with Gasteiger partial charge < -0.3 is 24.4 Å². The average molecular weight is 475 g/mol. The van der Waals surface area contributed by atoms with Gasteiger partial charge in [0.05, 0.1) is 33.3 Å². The molecule has 0 fully saturated rings. The third kappa shape index (κ3) is 4.80. The van der Waals surface area contributed by atoms with Crippen LogP contribution in [0.1, 0.15) is 39.0 Å². The fraction of sp³-hybridized carbons (Fsp3) is 0.286. The second kappa shape index (κ2) is 10.5. The van der Waals surface area contributed by atoms with Gasteiger partial charge in [0, 0.05) is 19.2 Å². The minimum absolute atomic E-state index is 0.101. The summed E-state index contributed by atoms with van der Waals surface area (Å²) in [5, 5.41) is 3.09. The molecule has 7 nitrogen and oxygen atoms in total. The van der Waals surface area contributed by atoms with Gasteiger partial charge in [-0.25, -0.2) is 0 Å². The molecule has 0 saturated heterocycles. The molecule has 7 heteroatoms. The molecule has 3 aromatic carbocycles. The molecule has 1 aliphatic rings. The number of nitrogens with zero attached hydrogens (tertiary/aromatic N) is 1. The lowest BCUT2D eigenvalue weighted by Gasteiger charge is -2.39. The normalized spacial score (nSPS) is 16.9. The Morgan fingerprint density at radius 3 is 2.31 bits per heavy atom. The molecule has 0 radical (unpaired) electrons. The molecule has 1 N–H and O–H groups in total. The summed E-state index contributed by atoms with van der Waals surface area (Å²) in [6.45, 7) is 0.444. The van der Waals surface area contributed by atoms with Crippen molar-refractivity contribution in [2.24, 2.45) is 0 Å². The van der Waals surface area contributed by atoms with Gasteiger partial charge >= 0.3 is 0 Å². The number of amides is 2. The van der Waals surface area contributed by atoms with Crippen molar-refractivity contribution in [1.82, 2.24) is 10.2 Å². The van der Waals surface area contributed by atoms with Crippen molar-refractivity contribution in [3.63, 3.8) is 0 Å². The SMILES string of the molecule is COc1ccc([C@@H]2[C@H](C(=O)NCCc3ccc(OC)c(OC)c3)c3ccccc3C(=O)N2C)cc1. The molecule has 182 valence electrons. The highest BCUT2D eigenvalue weighted by atomic mass is 16.5. The van der Waals surface area contributed by atoms with Crippen LogP contribution in [0.3, 0.4) is 0 Å². The number of hydrogen-bond acceptors (Lipinski definition) is 5. The van der Waals surface area contributed by atoms with Crippen molar-refractivity contribution in [2.75, 3.05) is 34.9 Å². The van der Waals surface area contributed by atoms with E-state index in [4.69, 9.17) is 14.2 Å².